The van der Waals surface area contributed by atoms with Crippen LogP contribution in [-0.2, 0) is 22.6 Å². The molecule has 9 heteroatoms. The van der Waals surface area contributed by atoms with Crippen molar-refractivity contribution in [2.45, 2.75) is 43.0 Å². The highest BCUT2D eigenvalue weighted by Crippen LogP contribution is 2.40. The van der Waals surface area contributed by atoms with Gasteiger partial charge in [0, 0.05) is 29.2 Å². The number of thioether (sulfide) groups is 1. The molecule has 1 aromatic heterocycles. The molecule has 0 radical (unpaired) electrons. The fourth-order valence-corrected chi connectivity index (χ4v) is 7.03. The number of hydrogen-bond donors (Lipinski definition) is 2. The number of aliphatic hydroxyl groups excluding tert-OH is 1. The van der Waals surface area contributed by atoms with Gasteiger partial charge in [-0.3, -0.25) is 9.78 Å². The second-order valence-electron chi connectivity index (χ2n) is 12.1. The molecule has 1 aliphatic rings. The van der Waals surface area contributed by atoms with Crippen molar-refractivity contribution in [2.24, 2.45) is 0 Å². The Labute approximate surface area is 295 Å². The monoisotopic (exact) mass is 683 g/mol. The molecule has 5 aromatic carbocycles. The molecule has 6 aromatic rings. The largest absolute Gasteiger partial charge is 0.496 e. The van der Waals surface area contributed by atoms with E-state index in [1.54, 1.807) is 18.9 Å². The fourth-order valence-electron chi connectivity index (χ4n) is 5.98. The van der Waals surface area contributed by atoms with Crippen LogP contribution in [0.15, 0.2) is 132 Å². The normalized spacial score (nSPS) is 17.4. The van der Waals surface area contributed by atoms with Crippen LogP contribution in [0.25, 0.3) is 22.2 Å². The molecule has 1 amide bonds. The third kappa shape index (κ3) is 7.87. The van der Waals surface area contributed by atoms with Gasteiger partial charge in [0.1, 0.15) is 11.4 Å². The zero-order chi connectivity index (χ0) is 34.3. The third-order valence-electron chi connectivity index (χ3n) is 8.69. The first-order valence-electron chi connectivity index (χ1n) is 16.5. The van der Waals surface area contributed by atoms with E-state index in [0.29, 0.717) is 18.5 Å². The van der Waals surface area contributed by atoms with Gasteiger partial charge in [-0.15, -0.1) is 11.8 Å². The molecule has 7 rings (SSSR count). The van der Waals surface area contributed by atoms with E-state index in [1.807, 2.05) is 78.9 Å². The van der Waals surface area contributed by atoms with E-state index < -0.39 is 6.29 Å². The topological polar surface area (TPSA) is 103 Å². The van der Waals surface area contributed by atoms with Crippen molar-refractivity contribution in [2.75, 3.05) is 12.9 Å². The summed E-state index contributed by atoms with van der Waals surface area (Å²) in [6.07, 6.45) is 1.41. The molecule has 8 nitrogen and oxygen atoms in total. The van der Waals surface area contributed by atoms with Crippen LogP contribution >= 0.6 is 11.8 Å². The third-order valence-corrected chi connectivity index (χ3v) is 9.87. The Hall–Kier alpha value is -5.06. The van der Waals surface area contributed by atoms with Crippen LogP contribution in [0.1, 0.15) is 51.6 Å². The van der Waals surface area contributed by atoms with E-state index in [0.717, 1.165) is 55.3 Å². The van der Waals surface area contributed by atoms with Crippen LogP contribution < -0.4 is 10.1 Å². The molecule has 252 valence electrons. The smallest absolute Gasteiger partial charge is 0.271 e. The lowest BCUT2D eigenvalue weighted by molar-refractivity contribution is -0.245. The summed E-state index contributed by atoms with van der Waals surface area (Å²) in [4.78, 5) is 22.7. The van der Waals surface area contributed by atoms with Gasteiger partial charge in [-0.25, -0.2) is 4.98 Å². The van der Waals surface area contributed by atoms with E-state index >= 15 is 0 Å². The first-order valence-corrected chi connectivity index (χ1v) is 17.5. The van der Waals surface area contributed by atoms with Gasteiger partial charge in [-0.05, 0) is 58.1 Å². The van der Waals surface area contributed by atoms with Crippen molar-refractivity contribution in [3.05, 3.63) is 155 Å². The van der Waals surface area contributed by atoms with Crippen LogP contribution in [0.3, 0.4) is 0 Å². The number of nitrogens with zero attached hydrogens (tertiary/aromatic N) is 2. The van der Waals surface area contributed by atoms with Gasteiger partial charge in [0.25, 0.3) is 5.91 Å². The molecule has 3 atom stereocenters. The van der Waals surface area contributed by atoms with Crippen LogP contribution in [0.4, 0.5) is 0 Å². The SMILES string of the molecule is COc1ccccc1SC[C@H]1C[C@@H](c2ccc(CO)cc2)O[C@@H](c2ccc(-c3cccc(CNC(=O)c4cnc5ccccc5n4)c3)cc2)O1. The van der Waals surface area contributed by atoms with Crippen molar-refractivity contribution in [3.63, 3.8) is 0 Å². The molecule has 1 aliphatic heterocycles. The average molecular weight is 684 g/mol. The molecule has 0 spiro atoms. The molecule has 0 unspecified atom stereocenters. The number of amides is 1. The highest BCUT2D eigenvalue weighted by molar-refractivity contribution is 7.99. The number of methoxy groups -OCH3 is 1. The summed E-state index contributed by atoms with van der Waals surface area (Å²) in [6.45, 7) is 0.359. The summed E-state index contributed by atoms with van der Waals surface area (Å²) in [5.74, 6) is 1.31. The zero-order valence-electron chi connectivity index (χ0n) is 27.6. The Balaban J connectivity index is 1.04. The maximum atomic E-state index is 12.9. The lowest BCUT2D eigenvalue weighted by Gasteiger charge is -2.36. The minimum Gasteiger partial charge on any atom is -0.496 e. The number of carbonyl (C=O) groups excluding carboxylic acids is 1. The second kappa shape index (κ2) is 15.7. The van der Waals surface area contributed by atoms with E-state index in [-0.39, 0.29) is 30.4 Å². The van der Waals surface area contributed by atoms with Crippen molar-refractivity contribution in [1.29, 1.82) is 0 Å². The summed E-state index contributed by atoms with van der Waals surface area (Å²) in [6, 6.07) is 39.8. The molecule has 2 N–H and O–H groups in total. The molecule has 0 saturated carbocycles. The number of aromatic nitrogens is 2. The van der Waals surface area contributed by atoms with Gasteiger partial charge < -0.3 is 24.6 Å². The zero-order valence-corrected chi connectivity index (χ0v) is 28.4. The quantitative estimate of drug-likeness (QED) is 0.132. The Kier molecular flexibility index (Phi) is 10.5. The number of hydrogen-bond acceptors (Lipinski definition) is 8. The van der Waals surface area contributed by atoms with Crippen molar-refractivity contribution in [1.82, 2.24) is 15.3 Å². The molecular weight excluding hydrogens is 647 g/mol. The van der Waals surface area contributed by atoms with Crippen LogP contribution in [-0.4, -0.2) is 39.9 Å². The summed E-state index contributed by atoms with van der Waals surface area (Å²) >= 11 is 1.71. The van der Waals surface area contributed by atoms with E-state index in [9.17, 15) is 9.90 Å². The molecular formula is C41H37N3O5S. The van der Waals surface area contributed by atoms with Gasteiger partial charge >= 0.3 is 0 Å². The highest BCUT2D eigenvalue weighted by Gasteiger charge is 2.32. The fraction of sp³-hybridized carbons (Fsp3) is 0.195. The summed E-state index contributed by atoms with van der Waals surface area (Å²) in [5, 5.41) is 12.5. The van der Waals surface area contributed by atoms with Crippen LogP contribution in [0.5, 0.6) is 5.75 Å². The standard InChI is InChI=1S/C41H37N3O5S/c1-47-37-11-4-5-12-39(37)50-26-33-22-38(30-15-13-27(25-45)14-16-30)49-41(48-33)31-19-17-29(18-20-31)32-8-6-7-28(21-32)23-43-40(46)36-24-42-34-9-2-3-10-35(34)44-36/h2-21,24,33,38,41,45H,22-23,25-26H2,1H3,(H,43,46)/t33-,38+,41+/m1/s1. The first kappa shape index (κ1) is 33.4. The predicted octanol–water partition coefficient (Wildman–Crippen LogP) is 8.07. The van der Waals surface area contributed by atoms with Gasteiger partial charge in [0.05, 0.1) is 43.2 Å². The molecule has 0 aliphatic carbocycles. The lowest BCUT2D eigenvalue weighted by atomic mass is 9.99. The number of fused-ring (bicyclic) bond motifs is 1. The van der Waals surface area contributed by atoms with Gasteiger partial charge in [-0.2, -0.15) is 0 Å². The van der Waals surface area contributed by atoms with Gasteiger partial charge in [0.2, 0.25) is 0 Å². The number of carbonyl (C=O) groups is 1. The molecule has 0 bridgehead atoms. The van der Waals surface area contributed by atoms with E-state index in [4.69, 9.17) is 14.2 Å². The van der Waals surface area contributed by atoms with Crippen molar-refractivity contribution >= 4 is 28.7 Å². The minimum absolute atomic E-state index is 0.000121. The second-order valence-corrected chi connectivity index (χ2v) is 13.1. The minimum atomic E-state index is -0.552. The van der Waals surface area contributed by atoms with Crippen LogP contribution in [0, 0.1) is 0 Å². The van der Waals surface area contributed by atoms with Crippen molar-refractivity contribution in [3.8, 4) is 16.9 Å². The first-order chi connectivity index (χ1) is 24.6. The lowest BCUT2D eigenvalue weighted by Crippen LogP contribution is -2.31. The van der Waals surface area contributed by atoms with Crippen molar-refractivity contribution < 1.29 is 24.1 Å². The molecule has 2 heterocycles. The molecule has 50 heavy (non-hydrogen) atoms. The Morgan fingerprint density at radius 1 is 0.840 bits per heavy atom. The Bertz CT molecular complexity index is 2070. The summed E-state index contributed by atoms with van der Waals surface area (Å²) in [7, 11) is 1.69. The van der Waals surface area contributed by atoms with Crippen LogP contribution in [0.2, 0.25) is 0 Å². The maximum absolute atomic E-state index is 12.9. The number of para-hydroxylation sites is 3. The van der Waals surface area contributed by atoms with Gasteiger partial charge in [-0.1, -0.05) is 91.0 Å². The maximum Gasteiger partial charge on any atom is 0.271 e. The summed E-state index contributed by atoms with van der Waals surface area (Å²) < 4.78 is 18.7. The van der Waals surface area contributed by atoms with E-state index in [1.165, 1.54) is 6.20 Å². The number of aliphatic hydroxyl groups is 1. The Morgan fingerprint density at radius 3 is 2.40 bits per heavy atom. The van der Waals surface area contributed by atoms with Gasteiger partial charge in [0.15, 0.2) is 6.29 Å². The number of nitrogens with one attached hydrogen (secondary N) is 1. The summed E-state index contributed by atoms with van der Waals surface area (Å²) in [5.41, 5.74) is 7.61. The van der Waals surface area contributed by atoms with E-state index in [2.05, 4.69) is 57.7 Å². The number of benzene rings is 5. The predicted molar refractivity (Wildman–Crippen MR) is 195 cm³/mol. The number of ether oxygens (including phenoxy) is 3. The molecule has 1 saturated heterocycles. The highest BCUT2D eigenvalue weighted by atomic mass is 32.2. The molecule has 1 fully saturated rings. The number of rotatable bonds is 11. The Morgan fingerprint density at radius 2 is 1.60 bits per heavy atom. The average Bonchev–Trinajstić information content (AvgIpc) is 3.19.